The zero-order valence-corrected chi connectivity index (χ0v) is 20.8. The Balaban J connectivity index is 1.63. The molecule has 0 unspecified atom stereocenters. The van der Waals surface area contributed by atoms with E-state index in [1.165, 1.54) is 24.4 Å². The fraction of sp³-hybridized carbons (Fsp3) is 0.250. The molecular weight excluding hydrogens is 500 g/mol. The molecule has 13 heteroatoms. The summed E-state index contributed by atoms with van der Waals surface area (Å²) < 4.78 is 33.9. The van der Waals surface area contributed by atoms with Crippen LogP contribution in [0.4, 0.5) is 17.5 Å². The van der Waals surface area contributed by atoms with Gasteiger partial charge in [-0.25, -0.2) is 4.98 Å². The molecule has 0 bridgehead atoms. The number of carbonyl (C=O) groups excluding carboxylic acids is 2. The first-order valence-corrected chi connectivity index (χ1v) is 13.1. The van der Waals surface area contributed by atoms with Gasteiger partial charge in [-0.1, -0.05) is 30.3 Å². The maximum Gasteiger partial charge on any atom is 0.306 e. The van der Waals surface area contributed by atoms with E-state index in [0.29, 0.717) is 38.5 Å². The molecule has 0 spiro atoms. The Labute approximate surface area is 213 Å². The molecule has 0 atom stereocenters. The lowest BCUT2D eigenvalue weighted by molar-refractivity contribution is 0.0303. The molecule has 1 saturated heterocycles. The van der Waals surface area contributed by atoms with Gasteiger partial charge >= 0.3 is 10.1 Å². The number of anilines is 3. The molecule has 0 aliphatic carbocycles. The van der Waals surface area contributed by atoms with E-state index in [1.54, 1.807) is 4.90 Å². The molecule has 37 heavy (non-hydrogen) atoms. The lowest BCUT2D eigenvalue weighted by Crippen LogP contribution is -2.40. The van der Waals surface area contributed by atoms with Crippen LogP contribution in [0.5, 0.6) is 5.75 Å². The van der Waals surface area contributed by atoms with Gasteiger partial charge in [-0.3, -0.25) is 9.59 Å². The normalized spacial score (nSPS) is 13.6. The minimum Gasteiger partial charge on any atom is -0.383 e. The minimum atomic E-state index is -3.86. The highest BCUT2D eigenvalue weighted by Gasteiger charge is 2.21. The largest absolute Gasteiger partial charge is 0.383 e. The molecule has 1 aliphatic heterocycles. The Morgan fingerprint density at radius 1 is 1.14 bits per heavy atom. The summed E-state index contributed by atoms with van der Waals surface area (Å²) in [6.45, 7) is 2.03. The molecule has 0 radical (unpaired) electrons. The number of morpholine rings is 1. The number of amides is 2. The second-order valence-corrected chi connectivity index (χ2v) is 9.80. The summed E-state index contributed by atoms with van der Waals surface area (Å²) in [5.41, 5.74) is 7.06. The molecule has 1 aliphatic rings. The van der Waals surface area contributed by atoms with Gasteiger partial charge in [-0.05, 0) is 17.7 Å². The van der Waals surface area contributed by atoms with Crippen molar-refractivity contribution in [3.8, 4) is 5.75 Å². The topological polar surface area (TPSA) is 166 Å². The number of primary amides is 1. The Kier molecular flexibility index (Phi) is 7.84. The number of nitrogens with one attached hydrogen (secondary N) is 2. The predicted molar refractivity (Wildman–Crippen MR) is 136 cm³/mol. The SMILES string of the molecule is CS(=O)(=O)Oc1cc(Nc2ncc(C(N)=O)c(NCc3ccccc3)n2)cc(C(=O)N2CCOCC2)c1. The second-order valence-electron chi connectivity index (χ2n) is 8.22. The third-order valence-electron chi connectivity index (χ3n) is 5.31. The molecule has 1 aromatic heterocycles. The maximum atomic E-state index is 13.1. The maximum absolute atomic E-state index is 13.1. The van der Waals surface area contributed by atoms with E-state index in [0.717, 1.165) is 11.8 Å². The summed E-state index contributed by atoms with van der Waals surface area (Å²) in [7, 11) is -3.86. The van der Waals surface area contributed by atoms with Crippen LogP contribution in [0.2, 0.25) is 0 Å². The first kappa shape index (κ1) is 25.9. The molecule has 194 valence electrons. The fourth-order valence-electron chi connectivity index (χ4n) is 3.63. The molecule has 12 nitrogen and oxygen atoms in total. The summed E-state index contributed by atoms with van der Waals surface area (Å²) in [4.78, 5) is 35.1. The van der Waals surface area contributed by atoms with Crippen molar-refractivity contribution in [3.05, 3.63) is 71.4 Å². The number of carbonyl (C=O) groups is 2. The number of ether oxygens (including phenoxy) is 1. The van der Waals surface area contributed by atoms with Gasteiger partial charge < -0.3 is 30.2 Å². The lowest BCUT2D eigenvalue weighted by Gasteiger charge is -2.27. The third kappa shape index (κ3) is 7.15. The van der Waals surface area contributed by atoms with Crippen LogP contribution in [0, 0.1) is 0 Å². The van der Waals surface area contributed by atoms with E-state index in [-0.39, 0.29) is 34.5 Å². The van der Waals surface area contributed by atoms with Gasteiger partial charge in [0, 0.05) is 43.1 Å². The van der Waals surface area contributed by atoms with Gasteiger partial charge in [0.25, 0.3) is 11.8 Å². The summed E-state index contributed by atoms with van der Waals surface area (Å²) in [6, 6.07) is 13.8. The Morgan fingerprint density at radius 3 is 2.54 bits per heavy atom. The molecular formula is C24H26N6O6S. The number of hydrogen-bond donors (Lipinski definition) is 3. The number of hydrogen-bond acceptors (Lipinski definition) is 10. The molecule has 2 aromatic carbocycles. The molecule has 1 fully saturated rings. The average molecular weight is 527 g/mol. The average Bonchev–Trinajstić information content (AvgIpc) is 2.87. The summed E-state index contributed by atoms with van der Waals surface area (Å²) >= 11 is 0. The van der Waals surface area contributed by atoms with Gasteiger partial charge in [-0.15, -0.1) is 0 Å². The van der Waals surface area contributed by atoms with Crippen LogP contribution in [0.1, 0.15) is 26.3 Å². The van der Waals surface area contributed by atoms with E-state index in [1.807, 2.05) is 30.3 Å². The van der Waals surface area contributed by atoms with Crippen molar-refractivity contribution in [2.24, 2.45) is 5.73 Å². The Hall–Kier alpha value is -4.23. The highest BCUT2D eigenvalue weighted by molar-refractivity contribution is 7.86. The van der Waals surface area contributed by atoms with Crippen molar-refractivity contribution in [2.45, 2.75) is 6.54 Å². The van der Waals surface area contributed by atoms with E-state index >= 15 is 0 Å². The molecule has 3 aromatic rings. The van der Waals surface area contributed by atoms with Crippen LogP contribution in [-0.2, 0) is 21.4 Å². The van der Waals surface area contributed by atoms with Crippen LogP contribution in [0.15, 0.2) is 54.7 Å². The molecule has 0 saturated carbocycles. The van der Waals surface area contributed by atoms with Crippen molar-refractivity contribution in [1.82, 2.24) is 14.9 Å². The van der Waals surface area contributed by atoms with E-state index in [4.69, 9.17) is 14.7 Å². The Morgan fingerprint density at radius 2 is 1.86 bits per heavy atom. The van der Waals surface area contributed by atoms with Crippen LogP contribution in [0.3, 0.4) is 0 Å². The first-order valence-electron chi connectivity index (χ1n) is 11.3. The van der Waals surface area contributed by atoms with E-state index in [9.17, 15) is 18.0 Å². The van der Waals surface area contributed by atoms with Crippen LogP contribution in [-0.4, -0.2) is 67.7 Å². The van der Waals surface area contributed by atoms with Gasteiger partial charge in [0.05, 0.1) is 25.0 Å². The summed E-state index contributed by atoms with van der Waals surface area (Å²) in [5, 5.41) is 6.03. The van der Waals surface area contributed by atoms with Crippen LogP contribution >= 0.6 is 0 Å². The second kappa shape index (κ2) is 11.2. The molecule has 4 N–H and O–H groups in total. The van der Waals surface area contributed by atoms with Crippen molar-refractivity contribution in [1.29, 1.82) is 0 Å². The van der Waals surface area contributed by atoms with Gasteiger partial charge in [0.2, 0.25) is 5.95 Å². The highest BCUT2D eigenvalue weighted by Crippen LogP contribution is 2.26. The monoisotopic (exact) mass is 526 g/mol. The third-order valence-corrected chi connectivity index (χ3v) is 5.81. The number of nitrogens with two attached hydrogens (primary N) is 1. The Bertz CT molecular complexity index is 1390. The van der Waals surface area contributed by atoms with E-state index in [2.05, 4.69) is 20.6 Å². The lowest BCUT2D eigenvalue weighted by atomic mass is 10.1. The molecule has 4 rings (SSSR count). The minimum absolute atomic E-state index is 0.0553. The van der Waals surface area contributed by atoms with Crippen LogP contribution in [0.25, 0.3) is 0 Å². The fourth-order valence-corrected chi connectivity index (χ4v) is 4.08. The quantitative estimate of drug-likeness (QED) is 0.350. The molecule has 2 amide bonds. The van der Waals surface area contributed by atoms with Gasteiger partial charge in [0.1, 0.15) is 11.6 Å². The number of rotatable bonds is 9. The highest BCUT2D eigenvalue weighted by atomic mass is 32.2. The predicted octanol–water partition coefficient (Wildman–Crippen LogP) is 1.74. The van der Waals surface area contributed by atoms with Crippen molar-refractivity contribution < 1.29 is 26.9 Å². The number of nitrogens with zero attached hydrogens (tertiary/aromatic N) is 3. The molecule has 2 heterocycles. The van der Waals surface area contributed by atoms with Crippen molar-refractivity contribution in [2.75, 3.05) is 43.2 Å². The first-order chi connectivity index (χ1) is 17.7. The summed E-state index contributed by atoms with van der Waals surface area (Å²) in [6.07, 6.45) is 2.19. The standard InChI is InChI=1S/C24H26N6O6S/c1-37(33,34)36-19-12-17(23(32)30-7-9-35-10-8-30)11-18(13-19)28-24-27-15-20(21(25)31)22(29-24)26-14-16-5-3-2-4-6-16/h2-6,11-13,15H,7-10,14H2,1H3,(H2,25,31)(H2,26,27,28,29). The number of aromatic nitrogens is 2. The number of benzene rings is 2. The van der Waals surface area contributed by atoms with Crippen LogP contribution < -0.4 is 20.6 Å². The smallest absolute Gasteiger partial charge is 0.306 e. The van der Waals surface area contributed by atoms with Crippen molar-refractivity contribution >= 4 is 39.4 Å². The van der Waals surface area contributed by atoms with Crippen molar-refractivity contribution in [3.63, 3.8) is 0 Å². The van der Waals surface area contributed by atoms with Gasteiger partial charge in [0.15, 0.2) is 0 Å². The van der Waals surface area contributed by atoms with Gasteiger partial charge in [-0.2, -0.15) is 13.4 Å². The van der Waals surface area contributed by atoms with E-state index < -0.39 is 16.0 Å². The zero-order chi connectivity index (χ0) is 26.4. The zero-order valence-electron chi connectivity index (χ0n) is 20.0. The summed E-state index contributed by atoms with van der Waals surface area (Å²) in [5.74, 6) is -0.770.